The maximum atomic E-state index is 5.19. The van der Waals surface area contributed by atoms with E-state index >= 15 is 0 Å². The van der Waals surface area contributed by atoms with Gasteiger partial charge in [0, 0.05) is 30.9 Å². The van der Waals surface area contributed by atoms with Gasteiger partial charge >= 0.3 is 0 Å². The second-order valence-electron chi connectivity index (χ2n) is 3.65. The average molecular weight is 219 g/mol. The van der Waals surface area contributed by atoms with Crippen molar-refractivity contribution in [2.45, 2.75) is 13.5 Å². The molecule has 0 amide bonds. The zero-order chi connectivity index (χ0) is 11.4. The molecule has 2 heterocycles. The van der Waals surface area contributed by atoms with Gasteiger partial charge in [0.25, 0.3) is 0 Å². The molecule has 0 aliphatic heterocycles. The van der Waals surface area contributed by atoms with E-state index in [0.29, 0.717) is 6.61 Å². The molecule has 0 saturated heterocycles. The molecular weight excluding hydrogens is 204 g/mol. The molecule has 0 bridgehead atoms. The highest BCUT2D eigenvalue weighted by atomic mass is 16.5. The monoisotopic (exact) mass is 219 g/mol. The summed E-state index contributed by atoms with van der Waals surface area (Å²) in [5.74, 6) is 0.802. The van der Waals surface area contributed by atoms with Gasteiger partial charge in [-0.3, -0.25) is 0 Å². The van der Waals surface area contributed by atoms with Crippen molar-refractivity contribution in [3.05, 3.63) is 36.3 Å². The standard InChI is InChI=1S/C12H15N2O2/c1-10-9-12(16-13-10)11-3-5-14(6-4-11)7-8-15-2/h3-6,9H,7-8H2,1-2H3/q+1. The van der Waals surface area contributed by atoms with Crippen molar-refractivity contribution in [3.8, 4) is 11.3 Å². The second-order valence-corrected chi connectivity index (χ2v) is 3.65. The summed E-state index contributed by atoms with van der Waals surface area (Å²) in [6.45, 7) is 3.48. The summed E-state index contributed by atoms with van der Waals surface area (Å²) < 4.78 is 12.3. The number of ether oxygens (including phenoxy) is 1. The minimum Gasteiger partial charge on any atom is -0.378 e. The SMILES string of the molecule is COCC[n+]1ccc(-c2cc(C)no2)cc1. The molecule has 0 aromatic carbocycles. The van der Waals surface area contributed by atoms with E-state index in [1.54, 1.807) is 7.11 Å². The van der Waals surface area contributed by atoms with Gasteiger partial charge in [-0.15, -0.1) is 0 Å². The summed E-state index contributed by atoms with van der Waals surface area (Å²) in [4.78, 5) is 0. The number of aryl methyl sites for hydroxylation is 1. The highest BCUT2D eigenvalue weighted by Gasteiger charge is 2.06. The molecule has 2 aromatic rings. The van der Waals surface area contributed by atoms with Crippen LogP contribution in [0.1, 0.15) is 5.69 Å². The van der Waals surface area contributed by atoms with Crippen molar-refractivity contribution in [1.29, 1.82) is 0 Å². The van der Waals surface area contributed by atoms with Gasteiger partial charge in [-0.05, 0) is 6.92 Å². The summed E-state index contributed by atoms with van der Waals surface area (Å²) in [5.41, 5.74) is 1.93. The highest BCUT2D eigenvalue weighted by molar-refractivity contribution is 5.55. The predicted octanol–water partition coefficient (Wildman–Crippen LogP) is 1.58. The van der Waals surface area contributed by atoms with Crippen molar-refractivity contribution >= 4 is 0 Å². The van der Waals surface area contributed by atoms with Gasteiger partial charge in [0.15, 0.2) is 24.7 Å². The van der Waals surface area contributed by atoms with Gasteiger partial charge in [-0.2, -0.15) is 0 Å². The first kappa shape index (κ1) is 10.8. The summed E-state index contributed by atoms with van der Waals surface area (Å²) in [7, 11) is 1.70. The van der Waals surface area contributed by atoms with Crippen LogP contribution >= 0.6 is 0 Å². The Morgan fingerprint density at radius 3 is 2.69 bits per heavy atom. The van der Waals surface area contributed by atoms with Gasteiger partial charge in [-0.25, -0.2) is 4.57 Å². The second kappa shape index (κ2) is 4.90. The Morgan fingerprint density at radius 2 is 2.12 bits per heavy atom. The normalized spacial score (nSPS) is 10.6. The fourth-order valence-electron chi connectivity index (χ4n) is 1.47. The summed E-state index contributed by atoms with van der Waals surface area (Å²) in [6, 6.07) is 5.94. The van der Waals surface area contributed by atoms with E-state index in [2.05, 4.69) is 9.72 Å². The van der Waals surface area contributed by atoms with E-state index in [1.807, 2.05) is 37.5 Å². The topological polar surface area (TPSA) is 39.1 Å². The van der Waals surface area contributed by atoms with Crippen molar-refractivity contribution in [2.75, 3.05) is 13.7 Å². The van der Waals surface area contributed by atoms with Crippen LogP contribution in [0.2, 0.25) is 0 Å². The van der Waals surface area contributed by atoms with Crippen molar-refractivity contribution in [1.82, 2.24) is 5.16 Å². The van der Waals surface area contributed by atoms with Crippen LogP contribution < -0.4 is 4.57 Å². The Labute approximate surface area is 94.5 Å². The average Bonchev–Trinajstić information content (AvgIpc) is 2.74. The van der Waals surface area contributed by atoms with E-state index in [1.165, 1.54) is 0 Å². The molecular formula is C12H15N2O2+. The Hall–Kier alpha value is -1.68. The summed E-state index contributed by atoms with van der Waals surface area (Å²) in [6.07, 6.45) is 4.01. The van der Waals surface area contributed by atoms with Gasteiger partial charge in [0.2, 0.25) is 0 Å². The molecule has 0 aliphatic rings. The lowest BCUT2D eigenvalue weighted by atomic mass is 10.2. The van der Waals surface area contributed by atoms with Crippen LogP contribution in [0.3, 0.4) is 0 Å². The van der Waals surface area contributed by atoms with E-state index in [9.17, 15) is 0 Å². The molecule has 0 spiro atoms. The third-order valence-corrected chi connectivity index (χ3v) is 2.36. The Balaban J connectivity index is 2.13. The minimum absolute atomic E-state index is 0.714. The van der Waals surface area contributed by atoms with Crippen LogP contribution in [-0.4, -0.2) is 18.9 Å². The van der Waals surface area contributed by atoms with Gasteiger partial charge in [0.1, 0.15) is 6.61 Å². The molecule has 2 rings (SSSR count). The molecule has 0 aliphatic carbocycles. The Bertz CT molecular complexity index is 448. The number of pyridine rings is 1. The molecule has 2 aromatic heterocycles. The highest BCUT2D eigenvalue weighted by Crippen LogP contribution is 2.18. The van der Waals surface area contributed by atoms with Gasteiger partial charge in [0.05, 0.1) is 5.69 Å². The number of aromatic nitrogens is 2. The summed E-state index contributed by atoms with van der Waals surface area (Å²) >= 11 is 0. The lowest BCUT2D eigenvalue weighted by Crippen LogP contribution is -2.34. The summed E-state index contributed by atoms with van der Waals surface area (Å²) in [5, 5.41) is 3.86. The molecule has 16 heavy (non-hydrogen) atoms. The Kier molecular flexibility index (Phi) is 3.31. The lowest BCUT2D eigenvalue weighted by molar-refractivity contribution is -0.698. The van der Waals surface area contributed by atoms with Crippen LogP contribution in [0.4, 0.5) is 0 Å². The third kappa shape index (κ3) is 2.46. The fourth-order valence-corrected chi connectivity index (χ4v) is 1.47. The van der Waals surface area contributed by atoms with Crippen LogP contribution in [0.25, 0.3) is 11.3 Å². The largest absolute Gasteiger partial charge is 0.378 e. The fraction of sp³-hybridized carbons (Fsp3) is 0.333. The van der Waals surface area contributed by atoms with Crippen molar-refractivity contribution in [3.63, 3.8) is 0 Å². The molecule has 0 radical (unpaired) electrons. The van der Waals surface area contributed by atoms with Crippen LogP contribution in [0, 0.1) is 6.92 Å². The maximum absolute atomic E-state index is 5.19. The zero-order valence-corrected chi connectivity index (χ0v) is 9.51. The lowest BCUT2D eigenvalue weighted by Gasteiger charge is -1.97. The number of methoxy groups -OCH3 is 1. The number of hydrogen-bond acceptors (Lipinski definition) is 3. The first-order chi connectivity index (χ1) is 7.79. The zero-order valence-electron chi connectivity index (χ0n) is 9.51. The minimum atomic E-state index is 0.714. The molecule has 0 fully saturated rings. The number of rotatable bonds is 4. The first-order valence-electron chi connectivity index (χ1n) is 5.21. The molecule has 4 nitrogen and oxygen atoms in total. The molecule has 0 atom stereocenters. The van der Waals surface area contributed by atoms with Gasteiger partial charge in [-0.1, -0.05) is 5.16 Å². The van der Waals surface area contributed by atoms with Crippen LogP contribution in [0.5, 0.6) is 0 Å². The quantitative estimate of drug-likeness (QED) is 0.733. The first-order valence-corrected chi connectivity index (χ1v) is 5.21. The van der Waals surface area contributed by atoms with Gasteiger partial charge < -0.3 is 9.26 Å². The van der Waals surface area contributed by atoms with E-state index in [4.69, 9.17) is 9.26 Å². The van der Waals surface area contributed by atoms with Crippen LogP contribution in [0.15, 0.2) is 35.1 Å². The third-order valence-electron chi connectivity index (χ3n) is 2.36. The molecule has 0 N–H and O–H groups in total. The van der Waals surface area contributed by atoms with Crippen molar-refractivity contribution < 1.29 is 13.8 Å². The molecule has 0 saturated carbocycles. The van der Waals surface area contributed by atoms with E-state index in [-0.39, 0.29) is 0 Å². The number of nitrogens with zero attached hydrogens (tertiary/aromatic N) is 2. The molecule has 84 valence electrons. The Morgan fingerprint density at radius 1 is 1.38 bits per heavy atom. The van der Waals surface area contributed by atoms with Crippen molar-refractivity contribution in [2.24, 2.45) is 0 Å². The van der Waals surface area contributed by atoms with E-state index < -0.39 is 0 Å². The predicted molar refractivity (Wildman–Crippen MR) is 58.7 cm³/mol. The maximum Gasteiger partial charge on any atom is 0.171 e. The molecule has 0 unspecified atom stereocenters. The van der Waals surface area contributed by atoms with Crippen LogP contribution in [-0.2, 0) is 11.3 Å². The smallest absolute Gasteiger partial charge is 0.171 e. The van der Waals surface area contributed by atoms with E-state index in [0.717, 1.165) is 23.6 Å². The number of hydrogen-bond donors (Lipinski definition) is 0. The molecule has 4 heteroatoms.